The Morgan fingerprint density at radius 3 is 2.59 bits per heavy atom. The molecule has 4 heteroatoms. The van der Waals surface area contributed by atoms with Crippen LogP contribution in [0, 0.1) is 6.92 Å². The summed E-state index contributed by atoms with van der Waals surface area (Å²) < 4.78 is 0. The highest BCUT2D eigenvalue weighted by atomic mass is 16.4. The Labute approximate surface area is 101 Å². The number of aliphatic carboxylic acids is 1. The zero-order chi connectivity index (χ0) is 13.1. The van der Waals surface area contributed by atoms with Gasteiger partial charge in [0.2, 0.25) is 0 Å². The Morgan fingerprint density at radius 2 is 2.12 bits per heavy atom. The largest absolute Gasteiger partial charge is 0.479 e. The monoisotopic (exact) mass is 237 g/mol. The van der Waals surface area contributed by atoms with Gasteiger partial charge in [0.05, 0.1) is 6.54 Å². The molecular formula is C13H19NO3. The lowest BCUT2D eigenvalue weighted by Crippen LogP contribution is -2.46. The van der Waals surface area contributed by atoms with Crippen molar-refractivity contribution in [3.63, 3.8) is 0 Å². The fraction of sp³-hybridized carbons (Fsp3) is 0.462. The van der Waals surface area contributed by atoms with Crippen molar-refractivity contribution in [3.05, 3.63) is 29.8 Å². The molecule has 0 heterocycles. The summed E-state index contributed by atoms with van der Waals surface area (Å²) in [5.41, 5.74) is 0.296. The molecule has 17 heavy (non-hydrogen) atoms. The van der Waals surface area contributed by atoms with E-state index >= 15 is 0 Å². The number of carboxylic acid groups (broad SMARTS) is 1. The van der Waals surface area contributed by atoms with Crippen molar-refractivity contribution in [1.82, 2.24) is 0 Å². The van der Waals surface area contributed by atoms with Gasteiger partial charge in [0.25, 0.3) is 0 Å². The number of aryl methyl sites for hydroxylation is 1. The zero-order valence-electron chi connectivity index (χ0n) is 10.5. The van der Waals surface area contributed by atoms with Crippen LogP contribution in [-0.2, 0) is 4.79 Å². The maximum Gasteiger partial charge on any atom is 0.337 e. The van der Waals surface area contributed by atoms with E-state index in [9.17, 15) is 9.90 Å². The van der Waals surface area contributed by atoms with Gasteiger partial charge in [-0.3, -0.25) is 0 Å². The molecule has 1 unspecified atom stereocenters. The van der Waals surface area contributed by atoms with Crippen molar-refractivity contribution in [2.45, 2.75) is 26.4 Å². The molecule has 0 aliphatic rings. The normalized spacial score (nSPS) is 14.1. The van der Waals surface area contributed by atoms with E-state index in [1.54, 1.807) is 0 Å². The van der Waals surface area contributed by atoms with Crippen molar-refractivity contribution in [1.29, 1.82) is 0 Å². The number of hydrogen-bond acceptors (Lipinski definition) is 3. The molecule has 0 saturated carbocycles. The average molecular weight is 237 g/mol. The van der Waals surface area contributed by atoms with Crippen LogP contribution in [0.3, 0.4) is 0 Å². The lowest BCUT2D eigenvalue weighted by atomic mass is 10.1. The van der Waals surface area contributed by atoms with E-state index in [4.69, 9.17) is 5.11 Å². The number of benzene rings is 1. The number of carbonyl (C=O) groups is 1. The summed E-state index contributed by atoms with van der Waals surface area (Å²) in [6.45, 7) is 5.94. The molecule has 0 aliphatic carbocycles. The molecular weight excluding hydrogens is 218 g/mol. The lowest BCUT2D eigenvalue weighted by Gasteiger charge is -2.29. The van der Waals surface area contributed by atoms with Gasteiger partial charge in [-0.25, -0.2) is 4.79 Å². The second kappa shape index (κ2) is 5.19. The molecule has 0 bridgehead atoms. The lowest BCUT2D eigenvalue weighted by molar-refractivity contribution is -0.155. The smallest absolute Gasteiger partial charge is 0.337 e. The summed E-state index contributed by atoms with van der Waals surface area (Å²) >= 11 is 0. The van der Waals surface area contributed by atoms with Crippen molar-refractivity contribution in [3.8, 4) is 0 Å². The van der Waals surface area contributed by atoms with Gasteiger partial charge in [-0.1, -0.05) is 12.1 Å². The topological polar surface area (TPSA) is 60.8 Å². The van der Waals surface area contributed by atoms with Crippen LogP contribution in [0.5, 0.6) is 0 Å². The molecule has 0 radical (unpaired) electrons. The van der Waals surface area contributed by atoms with Crippen LogP contribution in [-0.4, -0.2) is 34.9 Å². The van der Waals surface area contributed by atoms with Gasteiger partial charge in [-0.2, -0.15) is 0 Å². The quantitative estimate of drug-likeness (QED) is 0.817. The van der Waals surface area contributed by atoms with Gasteiger partial charge in [-0.05, 0) is 38.5 Å². The standard InChI is InChI=1S/C13H19NO3/c1-4-14(9-13(3,17)12(15)16)11-7-5-6-10(2)8-11/h5-8,17H,4,9H2,1-3H3,(H,15,16). The summed E-state index contributed by atoms with van der Waals surface area (Å²) in [6, 6.07) is 7.78. The Balaban J connectivity index is 2.90. The number of rotatable bonds is 5. The van der Waals surface area contributed by atoms with E-state index in [1.807, 2.05) is 43.0 Å². The zero-order valence-corrected chi connectivity index (χ0v) is 10.5. The van der Waals surface area contributed by atoms with E-state index < -0.39 is 11.6 Å². The summed E-state index contributed by atoms with van der Waals surface area (Å²) in [5.74, 6) is -1.20. The first-order valence-electron chi connectivity index (χ1n) is 5.64. The predicted octanol–water partition coefficient (Wildman–Crippen LogP) is 1.66. The van der Waals surface area contributed by atoms with Crippen LogP contribution in [0.25, 0.3) is 0 Å². The van der Waals surface area contributed by atoms with E-state index in [-0.39, 0.29) is 6.54 Å². The van der Waals surface area contributed by atoms with Crippen LogP contribution in [0.15, 0.2) is 24.3 Å². The van der Waals surface area contributed by atoms with Crippen LogP contribution in [0.2, 0.25) is 0 Å². The molecule has 0 spiro atoms. The van der Waals surface area contributed by atoms with Gasteiger partial charge >= 0.3 is 5.97 Å². The number of aliphatic hydroxyl groups is 1. The van der Waals surface area contributed by atoms with E-state index in [0.717, 1.165) is 11.3 Å². The maximum absolute atomic E-state index is 10.9. The predicted molar refractivity (Wildman–Crippen MR) is 67.3 cm³/mol. The number of carboxylic acids is 1. The molecule has 0 saturated heterocycles. The summed E-state index contributed by atoms with van der Waals surface area (Å²) in [5, 5.41) is 18.7. The Hall–Kier alpha value is -1.55. The second-order valence-electron chi connectivity index (χ2n) is 4.43. The number of likely N-dealkylation sites (N-methyl/N-ethyl adjacent to an activating group) is 1. The first-order chi connectivity index (χ1) is 7.86. The van der Waals surface area contributed by atoms with E-state index in [1.165, 1.54) is 6.92 Å². The molecule has 0 aliphatic heterocycles. The van der Waals surface area contributed by atoms with Gasteiger partial charge in [0.15, 0.2) is 5.60 Å². The molecule has 1 rings (SSSR count). The van der Waals surface area contributed by atoms with Crippen LogP contribution < -0.4 is 4.90 Å². The summed E-state index contributed by atoms with van der Waals surface area (Å²) in [4.78, 5) is 12.7. The van der Waals surface area contributed by atoms with Gasteiger partial charge in [0.1, 0.15) is 0 Å². The van der Waals surface area contributed by atoms with Crippen LogP contribution >= 0.6 is 0 Å². The van der Waals surface area contributed by atoms with Gasteiger partial charge in [-0.15, -0.1) is 0 Å². The fourth-order valence-electron chi connectivity index (χ4n) is 1.65. The van der Waals surface area contributed by atoms with Crippen molar-refractivity contribution in [2.75, 3.05) is 18.0 Å². The van der Waals surface area contributed by atoms with Crippen molar-refractivity contribution < 1.29 is 15.0 Å². The highest BCUT2D eigenvalue weighted by molar-refractivity contribution is 5.77. The number of hydrogen-bond donors (Lipinski definition) is 2. The number of nitrogens with zero attached hydrogens (tertiary/aromatic N) is 1. The molecule has 4 nitrogen and oxygen atoms in total. The van der Waals surface area contributed by atoms with Gasteiger partial charge in [0, 0.05) is 12.2 Å². The number of anilines is 1. The SMILES string of the molecule is CCN(CC(C)(O)C(=O)O)c1cccc(C)c1. The minimum absolute atomic E-state index is 0.0717. The summed E-state index contributed by atoms with van der Waals surface area (Å²) in [7, 11) is 0. The Kier molecular flexibility index (Phi) is 4.12. The minimum Gasteiger partial charge on any atom is -0.479 e. The highest BCUT2D eigenvalue weighted by Crippen LogP contribution is 2.18. The summed E-state index contributed by atoms with van der Waals surface area (Å²) in [6.07, 6.45) is 0. The van der Waals surface area contributed by atoms with E-state index in [2.05, 4.69) is 0 Å². The van der Waals surface area contributed by atoms with Crippen LogP contribution in [0.1, 0.15) is 19.4 Å². The molecule has 1 atom stereocenters. The maximum atomic E-state index is 10.9. The van der Waals surface area contributed by atoms with Gasteiger partial charge < -0.3 is 15.1 Å². The van der Waals surface area contributed by atoms with Crippen molar-refractivity contribution in [2.24, 2.45) is 0 Å². The molecule has 0 amide bonds. The van der Waals surface area contributed by atoms with E-state index in [0.29, 0.717) is 6.54 Å². The third kappa shape index (κ3) is 3.46. The minimum atomic E-state index is -1.74. The van der Waals surface area contributed by atoms with Crippen LogP contribution in [0.4, 0.5) is 5.69 Å². The average Bonchev–Trinajstić information content (AvgIpc) is 2.25. The molecule has 1 aromatic rings. The molecule has 94 valence electrons. The molecule has 2 N–H and O–H groups in total. The highest BCUT2D eigenvalue weighted by Gasteiger charge is 2.32. The second-order valence-corrected chi connectivity index (χ2v) is 4.43. The third-order valence-corrected chi connectivity index (χ3v) is 2.71. The Bertz CT molecular complexity index is 401. The third-order valence-electron chi connectivity index (χ3n) is 2.71. The fourth-order valence-corrected chi connectivity index (χ4v) is 1.65. The molecule has 0 aromatic heterocycles. The van der Waals surface area contributed by atoms with Crippen molar-refractivity contribution >= 4 is 11.7 Å². The molecule has 1 aromatic carbocycles. The Morgan fingerprint density at radius 1 is 1.47 bits per heavy atom. The first-order valence-corrected chi connectivity index (χ1v) is 5.64. The first kappa shape index (κ1) is 13.5. The molecule has 0 fully saturated rings.